The molecule has 0 saturated carbocycles. The molecule has 0 unspecified atom stereocenters. The molecule has 0 aliphatic heterocycles. The summed E-state index contributed by atoms with van der Waals surface area (Å²) in [5.41, 5.74) is -0.381. The van der Waals surface area contributed by atoms with E-state index in [2.05, 4.69) is 20.9 Å². The molecule has 1 aromatic heterocycles. The van der Waals surface area contributed by atoms with Crippen molar-refractivity contribution in [3.8, 4) is 0 Å². The van der Waals surface area contributed by atoms with Crippen molar-refractivity contribution in [3.63, 3.8) is 0 Å². The number of hydrogen-bond donors (Lipinski definition) is 1. The SMILES string of the molecule is O=C(O)c1cc([N+](=O)[O-])ccc1Sc1ncccc1Br. The predicted octanol–water partition coefficient (Wildman–Crippen LogP) is 3.60. The first-order valence-electron chi connectivity index (χ1n) is 5.29. The van der Waals surface area contributed by atoms with E-state index in [0.29, 0.717) is 9.92 Å². The van der Waals surface area contributed by atoms with Crippen molar-refractivity contribution in [2.45, 2.75) is 9.92 Å². The minimum Gasteiger partial charge on any atom is -0.478 e. The number of nitro groups is 1. The van der Waals surface area contributed by atoms with Gasteiger partial charge in [-0.25, -0.2) is 9.78 Å². The molecule has 0 radical (unpaired) electrons. The highest BCUT2D eigenvalue weighted by atomic mass is 79.9. The van der Waals surface area contributed by atoms with E-state index in [1.54, 1.807) is 18.3 Å². The van der Waals surface area contributed by atoms with Crippen molar-refractivity contribution >= 4 is 39.3 Å². The van der Waals surface area contributed by atoms with Crippen LogP contribution in [0.15, 0.2) is 50.9 Å². The molecule has 0 atom stereocenters. The predicted molar refractivity (Wildman–Crippen MR) is 76.1 cm³/mol. The van der Waals surface area contributed by atoms with Crippen molar-refractivity contribution in [1.82, 2.24) is 4.98 Å². The van der Waals surface area contributed by atoms with E-state index >= 15 is 0 Å². The quantitative estimate of drug-likeness (QED) is 0.665. The fourth-order valence-corrected chi connectivity index (χ4v) is 2.82. The maximum absolute atomic E-state index is 11.2. The number of nitro benzene ring substituents is 1. The molecule has 1 N–H and O–H groups in total. The molecular formula is C12H7BrN2O4S. The first-order chi connectivity index (χ1) is 9.49. The van der Waals surface area contributed by atoms with Crippen LogP contribution >= 0.6 is 27.7 Å². The van der Waals surface area contributed by atoms with Gasteiger partial charge in [-0.2, -0.15) is 0 Å². The van der Waals surface area contributed by atoms with Gasteiger partial charge in [0.2, 0.25) is 0 Å². The summed E-state index contributed by atoms with van der Waals surface area (Å²) in [6.45, 7) is 0. The third kappa shape index (κ3) is 3.14. The van der Waals surface area contributed by atoms with Gasteiger partial charge < -0.3 is 5.11 Å². The summed E-state index contributed by atoms with van der Waals surface area (Å²) in [5.74, 6) is -1.22. The smallest absolute Gasteiger partial charge is 0.337 e. The number of halogens is 1. The van der Waals surface area contributed by atoms with Crippen LogP contribution in [0, 0.1) is 10.1 Å². The van der Waals surface area contributed by atoms with E-state index in [1.165, 1.54) is 12.1 Å². The number of carboxylic acids is 1. The van der Waals surface area contributed by atoms with Gasteiger partial charge in [-0.05, 0) is 34.1 Å². The van der Waals surface area contributed by atoms with Gasteiger partial charge in [0, 0.05) is 23.2 Å². The third-order valence-electron chi connectivity index (χ3n) is 2.34. The van der Waals surface area contributed by atoms with E-state index < -0.39 is 10.9 Å². The summed E-state index contributed by atoms with van der Waals surface area (Å²) in [7, 11) is 0. The maximum atomic E-state index is 11.2. The van der Waals surface area contributed by atoms with Crippen LogP contribution in [-0.2, 0) is 0 Å². The third-order valence-corrected chi connectivity index (χ3v) is 4.33. The topological polar surface area (TPSA) is 93.3 Å². The second-order valence-electron chi connectivity index (χ2n) is 3.64. The van der Waals surface area contributed by atoms with Crippen LogP contribution in [0.2, 0.25) is 0 Å². The van der Waals surface area contributed by atoms with Gasteiger partial charge in [0.15, 0.2) is 0 Å². The number of aromatic nitrogens is 1. The molecule has 0 amide bonds. The Labute approximate surface area is 126 Å². The summed E-state index contributed by atoms with van der Waals surface area (Å²) < 4.78 is 0.722. The van der Waals surface area contributed by atoms with Crippen molar-refractivity contribution in [1.29, 1.82) is 0 Å². The fourth-order valence-electron chi connectivity index (χ4n) is 1.44. The molecule has 0 spiro atoms. The highest BCUT2D eigenvalue weighted by Crippen LogP contribution is 2.34. The Morgan fingerprint density at radius 2 is 2.15 bits per heavy atom. The van der Waals surface area contributed by atoms with E-state index in [-0.39, 0.29) is 11.3 Å². The van der Waals surface area contributed by atoms with Crippen LogP contribution in [0.25, 0.3) is 0 Å². The molecule has 2 rings (SSSR count). The summed E-state index contributed by atoms with van der Waals surface area (Å²) >= 11 is 4.44. The Hall–Kier alpha value is -1.93. The number of benzene rings is 1. The number of non-ortho nitro benzene ring substituents is 1. The normalized spacial score (nSPS) is 10.2. The zero-order chi connectivity index (χ0) is 14.7. The summed E-state index contributed by atoms with van der Waals surface area (Å²) in [5, 5.41) is 20.4. The Morgan fingerprint density at radius 1 is 1.40 bits per heavy atom. The monoisotopic (exact) mass is 354 g/mol. The average molecular weight is 355 g/mol. The zero-order valence-electron chi connectivity index (χ0n) is 9.82. The number of nitrogens with zero attached hydrogens (tertiary/aromatic N) is 2. The molecule has 102 valence electrons. The van der Waals surface area contributed by atoms with Gasteiger partial charge in [-0.15, -0.1) is 0 Å². The lowest BCUT2D eigenvalue weighted by Crippen LogP contribution is -2.01. The Balaban J connectivity index is 2.44. The van der Waals surface area contributed by atoms with Crippen molar-refractivity contribution in [2.24, 2.45) is 0 Å². The molecule has 20 heavy (non-hydrogen) atoms. The van der Waals surface area contributed by atoms with Crippen molar-refractivity contribution in [3.05, 3.63) is 56.7 Å². The first-order valence-corrected chi connectivity index (χ1v) is 6.90. The van der Waals surface area contributed by atoms with E-state index in [0.717, 1.165) is 22.3 Å². The largest absolute Gasteiger partial charge is 0.478 e. The van der Waals surface area contributed by atoms with Crippen LogP contribution in [0.4, 0.5) is 5.69 Å². The minimum atomic E-state index is -1.22. The molecule has 1 aromatic carbocycles. The van der Waals surface area contributed by atoms with Gasteiger partial charge in [0.25, 0.3) is 5.69 Å². The summed E-state index contributed by atoms with van der Waals surface area (Å²) in [6.07, 6.45) is 1.58. The molecule has 0 saturated heterocycles. The lowest BCUT2D eigenvalue weighted by molar-refractivity contribution is -0.384. The van der Waals surface area contributed by atoms with Crippen molar-refractivity contribution in [2.75, 3.05) is 0 Å². The van der Waals surface area contributed by atoms with E-state index in [4.69, 9.17) is 5.11 Å². The number of rotatable bonds is 4. The van der Waals surface area contributed by atoms with Crippen LogP contribution in [0.1, 0.15) is 10.4 Å². The lowest BCUT2D eigenvalue weighted by atomic mass is 10.2. The Morgan fingerprint density at radius 3 is 2.75 bits per heavy atom. The number of aromatic carboxylic acids is 1. The van der Waals surface area contributed by atoms with Crippen LogP contribution < -0.4 is 0 Å². The fraction of sp³-hybridized carbons (Fsp3) is 0. The highest BCUT2D eigenvalue weighted by Gasteiger charge is 2.17. The molecule has 1 heterocycles. The summed E-state index contributed by atoms with van der Waals surface area (Å²) in [4.78, 5) is 25.8. The van der Waals surface area contributed by atoms with Crippen LogP contribution in [0.3, 0.4) is 0 Å². The number of hydrogen-bond acceptors (Lipinski definition) is 5. The molecule has 2 aromatic rings. The zero-order valence-corrected chi connectivity index (χ0v) is 12.2. The maximum Gasteiger partial charge on any atom is 0.337 e. The highest BCUT2D eigenvalue weighted by molar-refractivity contribution is 9.10. The number of carbonyl (C=O) groups is 1. The van der Waals surface area contributed by atoms with Gasteiger partial charge in [-0.3, -0.25) is 10.1 Å². The molecular weight excluding hydrogens is 348 g/mol. The van der Waals surface area contributed by atoms with E-state index in [1.807, 2.05) is 0 Å². The van der Waals surface area contributed by atoms with Gasteiger partial charge >= 0.3 is 5.97 Å². The Bertz CT molecular complexity index is 693. The molecule has 0 aliphatic rings. The second-order valence-corrected chi connectivity index (χ2v) is 5.52. The summed E-state index contributed by atoms with van der Waals surface area (Å²) in [6, 6.07) is 7.24. The van der Waals surface area contributed by atoms with Crippen LogP contribution in [0.5, 0.6) is 0 Å². The standard InChI is InChI=1S/C12H7BrN2O4S/c13-9-2-1-5-14-11(9)20-10-4-3-7(15(18)19)6-8(10)12(16)17/h1-6H,(H,16,17). The lowest BCUT2D eigenvalue weighted by Gasteiger charge is -2.06. The molecule has 8 heteroatoms. The Kier molecular flexibility index (Phi) is 4.35. The number of pyridine rings is 1. The molecule has 0 fully saturated rings. The molecule has 0 bridgehead atoms. The van der Waals surface area contributed by atoms with Gasteiger partial charge in [-0.1, -0.05) is 11.8 Å². The first kappa shape index (κ1) is 14.5. The van der Waals surface area contributed by atoms with Crippen molar-refractivity contribution < 1.29 is 14.8 Å². The average Bonchev–Trinajstić information content (AvgIpc) is 2.41. The minimum absolute atomic E-state index is 0.123. The molecule has 0 aliphatic carbocycles. The van der Waals surface area contributed by atoms with Gasteiger partial charge in [0.05, 0.1) is 15.0 Å². The molecule has 6 nitrogen and oxygen atoms in total. The number of carboxylic acid groups (broad SMARTS) is 1. The second kappa shape index (κ2) is 6.02. The van der Waals surface area contributed by atoms with E-state index in [9.17, 15) is 14.9 Å². The van der Waals surface area contributed by atoms with Crippen LogP contribution in [-0.4, -0.2) is 21.0 Å². The van der Waals surface area contributed by atoms with Gasteiger partial charge in [0.1, 0.15) is 5.03 Å².